The number of nitrogens with zero attached hydrogens (tertiary/aromatic N) is 3. The maximum atomic E-state index is 13.3. The molecule has 0 radical (unpaired) electrons. The first-order valence-electron chi connectivity index (χ1n) is 11.5. The zero-order valence-corrected chi connectivity index (χ0v) is 19.2. The summed E-state index contributed by atoms with van der Waals surface area (Å²) in [4.78, 5) is 35.9. The van der Waals surface area contributed by atoms with Gasteiger partial charge >= 0.3 is 0 Å². The Hall–Kier alpha value is -3.14. The fourth-order valence-corrected chi connectivity index (χ4v) is 5.15. The number of H-pyrrole nitrogens is 1. The maximum absolute atomic E-state index is 13.3. The molecule has 1 amide bonds. The summed E-state index contributed by atoms with van der Waals surface area (Å²) in [5.41, 5.74) is 2.02. The summed E-state index contributed by atoms with van der Waals surface area (Å²) in [6.45, 7) is 8.57. The van der Waals surface area contributed by atoms with Crippen LogP contribution >= 0.6 is 0 Å². The van der Waals surface area contributed by atoms with Crippen LogP contribution in [0.1, 0.15) is 69.6 Å². The van der Waals surface area contributed by atoms with Crippen LogP contribution in [0.3, 0.4) is 0 Å². The molecule has 3 heterocycles. The second-order valence-electron chi connectivity index (χ2n) is 9.60. The zero-order valence-electron chi connectivity index (χ0n) is 19.2. The van der Waals surface area contributed by atoms with Crippen LogP contribution in [-0.2, 0) is 11.2 Å². The summed E-state index contributed by atoms with van der Waals surface area (Å²) in [6.07, 6.45) is 4.14. The number of hydrogen-bond donors (Lipinski definition) is 2. The van der Waals surface area contributed by atoms with Gasteiger partial charge in [-0.3, -0.25) is 14.6 Å². The smallest absolute Gasteiger partial charge is 0.258 e. The first-order valence-corrected chi connectivity index (χ1v) is 11.5. The van der Waals surface area contributed by atoms with E-state index < -0.39 is 17.7 Å². The summed E-state index contributed by atoms with van der Waals surface area (Å²) in [5.74, 6) is -0.783. The average molecular weight is 434 g/mol. The van der Waals surface area contributed by atoms with Crippen molar-refractivity contribution in [2.45, 2.75) is 71.4 Å². The Morgan fingerprint density at radius 3 is 2.41 bits per heavy atom. The molecule has 2 aliphatic rings. The highest BCUT2D eigenvalue weighted by Crippen LogP contribution is 2.39. The summed E-state index contributed by atoms with van der Waals surface area (Å²) in [6, 6.07) is 10.5. The second-order valence-corrected chi connectivity index (χ2v) is 9.60. The zero-order chi connectivity index (χ0) is 23.0. The van der Waals surface area contributed by atoms with Gasteiger partial charge in [-0.25, -0.2) is 0 Å². The molecule has 0 bridgehead atoms. The summed E-state index contributed by atoms with van der Waals surface area (Å²) in [7, 11) is 0. The molecular formula is C25H31N5O2. The highest BCUT2D eigenvalue weighted by atomic mass is 16.2. The van der Waals surface area contributed by atoms with Gasteiger partial charge in [0.05, 0.1) is 11.6 Å². The molecule has 2 aliphatic heterocycles. The van der Waals surface area contributed by atoms with E-state index in [4.69, 9.17) is 0 Å². The Kier molecular flexibility index (Phi) is 6.05. The number of aromatic amines is 1. The molecule has 0 spiro atoms. The van der Waals surface area contributed by atoms with E-state index in [0.717, 1.165) is 31.2 Å². The summed E-state index contributed by atoms with van der Waals surface area (Å²) >= 11 is 0. The third-order valence-corrected chi connectivity index (χ3v) is 6.67. The molecule has 1 aromatic carbocycles. The van der Waals surface area contributed by atoms with Gasteiger partial charge in [-0.1, -0.05) is 38.1 Å². The topological polar surface area (TPSA) is 102 Å². The van der Waals surface area contributed by atoms with Crippen molar-refractivity contribution >= 4 is 17.7 Å². The number of carbonyl (C=O) groups is 1. The highest BCUT2D eigenvalue weighted by molar-refractivity contribution is 5.98. The number of fused-ring (bicyclic) bond motifs is 1. The van der Waals surface area contributed by atoms with Crippen LogP contribution in [-0.4, -0.2) is 28.0 Å². The van der Waals surface area contributed by atoms with E-state index in [0.29, 0.717) is 17.4 Å². The van der Waals surface area contributed by atoms with Crippen molar-refractivity contribution in [3.63, 3.8) is 0 Å². The van der Waals surface area contributed by atoms with Gasteiger partial charge in [0.15, 0.2) is 0 Å². The number of anilines is 2. The monoisotopic (exact) mass is 433 g/mol. The largest absolute Gasteiger partial charge is 0.337 e. The summed E-state index contributed by atoms with van der Waals surface area (Å²) < 4.78 is 0. The minimum absolute atomic E-state index is 0.246. The van der Waals surface area contributed by atoms with Gasteiger partial charge < -0.3 is 10.2 Å². The first kappa shape index (κ1) is 22.1. The number of hydrogen-bond acceptors (Lipinski definition) is 5. The molecule has 4 unspecified atom stereocenters. The number of nitrogens with one attached hydrogen (secondary N) is 2. The molecule has 4 rings (SSSR count). The van der Waals surface area contributed by atoms with Gasteiger partial charge in [-0.05, 0) is 56.6 Å². The predicted molar refractivity (Wildman–Crippen MR) is 125 cm³/mol. The van der Waals surface area contributed by atoms with Crippen LogP contribution in [0.4, 0.5) is 11.8 Å². The number of nitriles is 1. The molecule has 0 saturated carbocycles. The van der Waals surface area contributed by atoms with Crippen molar-refractivity contribution in [2.24, 2.45) is 11.8 Å². The Balaban J connectivity index is 1.79. The standard InChI is InChI=1S/C25H31N5O2/c1-14(2)12-17-8-10-18(11-9-17)20-19(13-26)23(31)27-22-21(20)24(32)29-25(28-22)30-15(3)6-5-7-16(30)4/h8-11,14-16,19-20H,5-7,12H2,1-4H3,(H2,27,28,29,31,32). The maximum Gasteiger partial charge on any atom is 0.258 e. The van der Waals surface area contributed by atoms with Crippen LogP contribution in [0.25, 0.3) is 0 Å². The van der Waals surface area contributed by atoms with Crippen LogP contribution in [0.15, 0.2) is 29.1 Å². The lowest BCUT2D eigenvalue weighted by molar-refractivity contribution is -0.119. The SMILES string of the molecule is CC(C)Cc1ccc(C2c3c(nc(N4C(C)CCCC4C)[nH]c3=O)NC(=O)C2C#N)cc1. The lowest BCUT2D eigenvalue weighted by atomic mass is 9.79. The molecule has 2 N–H and O–H groups in total. The van der Waals surface area contributed by atoms with Crippen LogP contribution in [0.5, 0.6) is 0 Å². The van der Waals surface area contributed by atoms with Gasteiger partial charge in [0.25, 0.3) is 5.56 Å². The van der Waals surface area contributed by atoms with Crippen LogP contribution in [0.2, 0.25) is 0 Å². The quantitative estimate of drug-likeness (QED) is 0.760. The van der Waals surface area contributed by atoms with Gasteiger partial charge in [0, 0.05) is 18.0 Å². The molecule has 4 atom stereocenters. The number of aromatic nitrogens is 2. The molecule has 1 aromatic heterocycles. The summed E-state index contributed by atoms with van der Waals surface area (Å²) in [5, 5.41) is 12.5. The number of rotatable bonds is 4. The van der Waals surface area contributed by atoms with Gasteiger partial charge in [0.2, 0.25) is 11.9 Å². The highest BCUT2D eigenvalue weighted by Gasteiger charge is 2.41. The number of amides is 1. The van der Waals surface area contributed by atoms with Crippen molar-refractivity contribution in [1.82, 2.24) is 9.97 Å². The van der Waals surface area contributed by atoms with E-state index >= 15 is 0 Å². The predicted octanol–water partition coefficient (Wildman–Crippen LogP) is 3.96. The lowest BCUT2D eigenvalue weighted by Crippen LogP contribution is -2.46. The van der Waals surface area contributed by atoms with E-state index in [-0.39, 0.29) is 23.5 Å². The average Bonchev–Trinajstić information content (AvgIpc) is 2.73. The van der Waals surface area contributed by atoms with E-state index in [2.05, 4.69) is 53.9 Å². The number of carbonyl (C=O) groups excluding carboxylic acids is 1. The molecule has 7 heteroatoms. The van der Waals surface area contributed by atoms with Crippen LogP contribution in [0, 0.1) is 23.2 Å². The third-order valence-electron chi connectivity index (χ3n) is 6.67. The molecule has 0 aliphatic carbocycles. The number of piperidine rings is 1. The Bertz CT molecular complexity index is 1090. The van der Waals surface area contributed by atoms with E-state index in [1.165, 1.54) is 5.56 Å². The van der Waals surface area contributed by atoms with Crippen molar-refractivity contribution in [3.05, 3.63) is 51.3 Å². The molecule has 7 nitrogen and oxygen atoms in total. The van der Waals surface area contributed by atoms with Crippen molar-refractivity contribution in [3.8, 4) is 6.07 Å². The first-order chi connectivity index (χ1) is 15.3. The third kappa shape index (κ3) is 4.02. The van der Waals surface area contributed by atoms with Crippen molar-refractivity contribution < 1.29 is 4.79 Å². The molecule has 1 fully saturated rings. The van der Waals surface area contributed by atoms with Crippen molar-refractivity contribution in [2.75, 3.05) is 10.2 Å². The van der Waals surface area contributed by atoms with Crippen molar-refractivity contribution in [1.29, 1.82) is 5.26 Å². The minimum atomic E-state index is -0.986. The Morgan fingerprint density at radius 1 is 1.16 bits per heavy atom. The van der Waals surface area contributed by atoms with E-state index in [1.54, 1.807) is 0 Å². The Morgan fingerprint density at radius 2 is 1.81 bits per heavy atom. The molecule has 168 valence electrons. The minimum Gasteiger partial charge on any atom is -0.337 e. The fourth-order valence-electron chi connectivity index (χ4n) is 5.15. The fraction of sp³-hybridized carbons (Fsp3) is 0.520. The number of benzene rings is 1. The second kappa shape index (κ2) is 8.78. The normalized spacial score (nSPS) is 25.2. The molecule has 2 aromatic rings. The van der Waals surface area contributed by atoms with Gasteiger partial charge in [-0.15, -0.1) is 0 Å². The van der Waals surface area contributed by atoms with Crippen LogP contribution < -0.4 is 15.8 Å². The van der Waals surface area contributed by atoms with E-state index in [1.807, 2.05) is 24.3 Å². The Labute approximate surface area is 188 Å². The lowest BCUT2D eigenvalue weighted by Gasteiger charge is -2.40. The molecule has 1 saturated heterocycles. The van der Waals surface area contributed by atoms with Gasteiger partial charge in [-0.2, -0.15) is 10.2 Å². The van der Waals surface area contributed by atoms with Gasteiger partial charge in [0.1, 0.15) is 11.7 Å². The molecule has 32 heavy (non-hydrogen) atoms. The van der Waals surface area contributed by atoms with E-state index in [9.17, 15) is 14.9 Å². The molecular weight excluding hydrogens is 402 g/mol.